The second-order valence-electron chi connectivity index (χ2n) is 5.58. The summed E-state index contributed by atoms with van der Waals surface area (Å²) in [7, 11) is 0. The Hall–Kier alpha value is -3.60. The van der Waals surface area contributed by atoms with Crippen molar-refractivity contribution in [2.24, 2.45) is 0 Å². The van der Waals surface area contributed by atoms with Gasteiger partial charge in [0.1, 0.15) is 17.1 Å². The molecule has 0 unspecified atom stereocenters. The lowest BCUT2D eigenvalue weighted by atomic mass is 10.2. The van der Waals surface area contributed by atoms with Crippen LogP contribution in [0.15, 0.2) is 36.5 Å². The molecule has 2 amide bonds. The predicted octanol–water partition coefficient (Wildman–Crippen LogP) is 2.55. The fourth-order valence-electron chi connectivity index (χ4n) is 2.30. The molecule has 3 aromatic rings. The van der Waals surface area contributed by atoms with Crippen molar-refractivity contribution >= 4 is 53.3 Å². The molecule has 28 heavy (non-hydrogen) atoms. The first kappa shape index (κ1) is 19.2. The van der Waals surface area contributed by atoms with Gasteiger partial charge in [-0.25, -0.2) is 28.8 Å². The molecule has 0 spiro atoms. The highest BCUT2D eigenvalue weighted by Crippen LogP contribution is 2.27. The number of aromatic hydroxyl groups is 1. The monoisotopic (exact) mass is 400 g/mol. The van der Waals surface area contributed by atoms with Crippen molar-refractivity contribution in [3.05, 3.63) is 42.1 Å². The van der Waals surface area contributed by atoms with E-state index in [1.54, 1.807) is 19.1 Å². The van der Waals surface area contributed by atoms with E-state index in [1.165, 1.54) is 24.4 Å². The zero-order chi connectivity index (χ0) is 20.3. The highest BCUT2D eigenvalue weighted by molar-refractivity contribution is 7.82. The van der Waals surface area contributed by atoms with Crippen molar-refractivity contribution in [2.75, 3.05) is 16.2 Å². The number of hydrogen-bond acceptors (Lipinski definition) is 8. The van der Waals surface area contributed by atoms with Crippen LogP contribution in [0.5, 0.6) is 5.75 Å². The lowest BCUT2D eigenvalue weighted by Gasteiger charge is -2.15. The fourth-order valence-corrected chi connectivity index (χ4v) is 2.49. The summed E-state index contributed by atoms with van der Waals surface area (Å²) in [4.78, 5) is 35.8. The van der Waals surface area contributed by atoms with Gasteiger partial charge in [0.2, 0.25) is 0 Å². The van der Waals surface area contributed by atoms with E-state index >= 15 is 0 Å². The normalized spacial score (nSPS) is 10.5. The summed E-state index contributed by atoms with van der Waals surface area (Å²) in [5.74, 6) is -0.785. The molecule has 0 saturated carbocycles. The zero-order valence-electron chi connectivity index (χ0n) is 14.6. The minimum Gasteiger partial charge on any atom is -0.506 e. The van der Waals surface area contributed by atoms with Gasteiger partial charge in [-0.2, -0.15) is 0 Å². The minimum atomic E-state index is -1.13. The van der Waals surface area contributed by atoms with Gasteiger partial charge in [-0.05, 0) is 37.3 Å². The van der Waals surface area contributed by atoms with Gasteiger partial charge in [0.25, 0.3) is 0 Å². The van der Waals surface area contributed by atoms with E-state index in [4.69, 9.17) is 5.11 Å². The second-order valence-corrected chi connectivity index (χ2v) is 5.98. The summed E-state index contributed by atoms with van der Waals surface area (Å²) in [5.41, 5.74) is 0.875. The van der Waals surface area contributed by atoms with E-state index < -0.39 is 12.0 Å². The summed E-state index contributed by atoms with van der Waals surface area (Å²) in [5, 5.41) is 24.4. The summed E-state index contributed by atoms with van der Waals surface area (Å²) in [6, 6.07) is 6.61. The number of hydrogen-bond donors (Lipinski definition) is 5. The third-order valence-electron chi connectivity index (χ3n) is 3.64. The highest BCUT2D eigenvalue weighted by atomic mass is 32.1. The van der Waals surface area contributed by atoms with E-state index in [2.05, 4.69) is 38.4 Å². The number of carboxylic acids is 1. The SMILES string of the molecule is CCNC(=O)N(S)c1ccc2ncc(Nc3cc(C(=O)O)ccc3O)nc2n1. The number of carbonyl (C=O) groups excluding carboxylic acids is 1. The van der Waals surface area contributed by atoms with Gasteiger partial charge in [0, 0.05) is 6.54 Å². The number of urea groups is 1. The van der Waals surface area contributed by atoms with E-state index in [0.29, 0.717) is 12.1 Å². The molecule has 2 aromatic heterocycles. The highest BCUT2D eigenvalue weighted by Gasteiger charge is 2.14. The Balaban J connectivity index is 1.92. The van der Waals surface area contributed by atoms with Crippen LogP contribution in [0.1, 0.15) is 17.3 Å². The molecule has 0 bridgehead atoms. The molecule has 0 saturated heterocycles. The lowest BCUT2D eigenvalue weighted by Crippen LogP contribution is -2.34. The van der Waals surface area contributed by atoms with E-state index in [1.807, 2.05) is 0 Å². The maximum atomic E-state index is 11.9. The summed E-state index contributed by atoms with van der Waals surface area (Å²) < 4.78 is 1.05. The van der Waals surface area contributed by atoms with Crippen LogP contribution in [0.25, 0.3) is 11.2 Å². The molecular weight excluding hydrogens is 384 g/mol. The van der Waals surface area contributed by atoms with Gasteiger partial charge in [0.15, 0.2) is 11.5 Å². The first-order valence-electron chi connectivity index (χ1n) is 8.13. The molecule has 0 fully saturated rings. The average molecular weight is 400 g/mol. The molecule has 144 valence electrons. The van der Waals surface area contributed by atoms with Crippen molar-refractivity contribution in [2.45, 2.75) is 6.92 Å². The Bertz CT molecular complexity index is 1060. The maximum absolute atomic E-state index is 11.9. The zero-order valence-corrected chi connectivity index (χ0v) is 15.5. The molecule has 3 rings (SSSR count). The lowest BCUT2D eigenvalue weighted by molar-refractivity contribution is 0.0697. The van der Waals surface area contributed by atoms with Crippen LogP contribution in [0.4, 0.5) is 22.1 Å². The Morgan fingerprint density at radius 2 is 2.00 bits per heavy atom. The molecule has 0 aliphatic rings. The Morgan fingerprint density at radius 1 is 1.21 bits per heavy atom. The van der Waals surface area contributed by atoms with Crippen LogP contribution in [0.3, 0.4) is 0 Å². The number of rotatable bonds is 5. The Kier molecular flexibility index (Phi) is 5.45. The average Bonchev–Trinajstić information content (AvgIpc) is 2.68. The predicted molar refractivity (Wildman–Crippen MR) is 106 cm³/mol. The van der Waals surface area contributed by atoms with E-state index in [9.17, 15) is 14.7 Å². The smallest absolute Gasteiger partial charge is 0.335 e. The first-order valence-corrected chi connectivity index (χ1v) is 8.53. The van der Waals surface area contributed by atoms with Gasteiger partial charge in [-0.3, -0.25) is 0 Å². The van der Waals surface area contributed by atoms with Crippen molar-refractivity contribution < 1.29 is 19.8 Å². The third-order valence-corrected chi connectivity index (χ3v) is 4.02. The number of benzene rings is 1. The quantitative estimate of drug-likeness (QED) is 0.325. The van der Waals surface area contributed by atoms with Crippen LogP contribution in [-0.4, -0.2) is 43.7 Å². The molecule has 0 radical (unpaired) electrons. The van der Waals surface area contributed by atoms with E-state index in [0.717, 1.165) is 4.31 Å². The standard InChI is InChI=1S/C17H16N6O4S/c1-2-18-17(27)23(28)14-6-4-10-15(22-14)21-13(8-19-10)20-11-7-9(16(25)26)3-5-12(11)24/h3-8,24,28H,2H2,1H3,(H,18,27)(H,25,26)(H,20,21,22). The van der Waals surface area contributed by atoms with Crippen LogP contribution >= 0.6 is 12.8 Å². The van der Waals surface area contributed by atoms with Crippen molar-refractivity contribution in [1.29, 1.82) is 0 Å². The molecule has 0 aliphatic carbocycles. The van der Waals surface area contributed by atoms with Crippen molar-refractivity contribution in [3.63, 3.8) is 0 Å². The number of pyridine rings is 1. The molecular formula is C17H16N6O4S. The number of nitrogens with zero attached hydrogens (tertiary/aromatic N) is 4. The number of amides is 2. The van der Waals surface area contributed by atoms with Crippen molar-refractivity contribution in [3.8, 4) is 5.75 Å². The number of aromatic carboxylic acids is 1. The van der Waals surface area contributed by atoms with E-state index in [-0.39, 0.29) is 34.3 Å². The van der Waals surface area contributed by atoms with Gasteiger partial charge in [-0.1, -0.05) is 12.8 Å². The van der Waals surface area contributed by atoms with Crippen LogP contribution < -0.4 is 14.9 Å². The Labute approximate surface area is 164 Å². The second kappa shape index (κ2) is 7.96. The number of phenols is 1. The van der Waals surface area contributed by atoms with Gasteiger partial charge >= 0.3 is 12.0 Å². The number of carbonyl (C=O) groups is 2. The number of phenolic OH excluding ortho intramolecular Hbond substituents is 1. The summed E-state index contributed by atoms with van der Waals surface area (Å²) in [6.45, 7) is 2.22. The molecule has 0 atom stereocenters. The van der Waals surface area contributed by atoms with Crippen LogP contribution in [0.2, 0.25) is 0 Å². The summed E-state index contributed by atoms with van der Waals surface area (Å²) in [6.07, 6.45) is 1.42. The summed E-state index contributed by atoms with van der Waals surface area (Å²) >= 11 is 4.13. The largest absolute Gasteiger partial charge is 0.506 e. The number of carboxylic acid groups (broad SMARTS) is 1. The number of thiol groups is 1. The van der Waals surface area contributed by atoms with Gasteiger partial charge in [-0.15, -0.1) is 0 Å². The molecule has 0 aliphatic heterocycles. The number of aromatic nitrogens is 3. The number of anilines is 3. The minimum absolute atomic E-state index is 0.00196. The molecule has 4 N–H and O–H groups in total. The number of fused-ring (bicyclic) bond motifs is 1. The Morgan fingerprint density at radius 3 is 2.71 bits per heavy atom. The molecule has 10 nitrogen and oxygen atoms in total. The third kappa shape index (κ3) is 4.04. The number of nitrogens with one attached hydrogen (secondary N) is 2. The topological polar surface area (TPSA) is 141 Å². The van der Waals surface area contributed by atoms with Crippen LogP contribution in [0, 0.1) is 0 Å². The fraction of sp³-hybridized carbons (Fsp3) is 0.118. The molecule has 2 heterocycles. The van der Waals surface area contributed by atoms with Gasteiger partial charge in [0.05, 0.1) is 17.4 Å². The molecule has 11 heteroatoms. The first-order chi connectivity index (χ1) is 13.4. The van der Waals surface area contributed by atoms with Crippen LogP contribution in [-0.2, 0) is 0 Å². The maximum Gasteiger partial charge on any atom is 0.335 e. The van der Waals surface area contributed by atoms with Crippen molar-refractivity contribution in [1.82, 2.24) is 20.3 Å². The molecule has 1 aromatic carbocycles. The van der Waals surface area contributed by atoms with Gasteiger partial charge < -0.3 is 20.8 Å².